The summed E-state index contributed by atoms with van der Waals surface area (Å²) in [6.07, 6.45) is -11.1. The van der Waals surface area contributed by atoms with Gasteiger partial charge in [-0.25, -0.2) is 0 Å². The summed E-state index contributed by atoms with van der Waals surface area (Å²) < 4.78 is 76.9. The zero-order chi connectivity index (χ0) is 21.0. The molecule has 0 fully saturated rings. The standard InChI is InChI=1S/C16H15F6N3O2/c1-8(2-3-23)13(14(24)27)25-12(26)6-9-4-10(15(17,18)19)7-11(5-9)16(20,21)22/h4-5,7-8,13H,2,6H2,1H3,(H2,24,27)(H,25,26)/t8-,13+/m1/s1. The quantitative estimate of drug-likeness (QED) is 0.725. The number of nitrogens with one attached hydrogen (secondary N) is 1. The number of amides is 2. The summed E-state index contributed by atoms with van der Waals surface area (Å²) in [5.74, 6) is -2.68. The van der Waals surface area contributed by atoms with Crippen molar-refractivity contribution in [2.75, 3.05) is 0 Å². The van der Waals surface area contributed by atoms with Crippen LogP contribution in [-0.2, 0) is 28.4 Å². The molecule has 0 unspecified atom stereocenters. The van der Waals surface area contributed by atoms with Crippen molar-refractivity contribution in [3.05, 3.63) is 34.9 Å². The van der Waals surface area contributed by atoms with Gasteiger partial charge in [-0.15, -0.1) is 0 Å². The molecule has 5 nitrogen and oxygen atoms in total. The van der Waals surface area contributed by atoms with E-state index < -0.39 is 59.2 Å². The minimum Gasteiger partial charge on any atom is -0.368 e. The highest BCUT2D eigenvalue weighted by atomic mass is 19.4. The van der Waals surface area contributed by atoms with Crippen molar-refractivity contribution in [2.45, 2.75) is 38.2 Å². The molecule has 0 aromatic heterocycles. The Kier molecular flexibility index (Phi) is 6.83. The van der Waals surface area contributed by atoms with Crippen LogP contribution < -0.4 is 11.1 Å². The summed E-state index contributed by atoms with van der Waals surface area (Å²) >= 11 is 0. The highest BCUT2D eigenvalue weighted by Gasteiger charge is 2.37. The van der Waals surface area contributed by atoms with E-state index in [1.807, 2.05) is 0 Å². The number of primary amides is 1. The molecular weight excluding hydrogens is 380 g/mol. The number of carbonyl (C=O) groups is 2. The van der Waals surface area contributed by atoms with Crippen molar-refractivity contribution in [2.24, 2.45) is 11.7 Å². The van der Waals surface area contributed by atoms with Gasteiger partial charge in [0, 0.05) is 6.42 Å². The molecule has 0 aliphatic rings. The summed E-state index contributed by atoms with van der Waals surface area (Å²) in [6.45, 7) is 1.44. The molecule has 11 heteroatoms. The Morgan fingerprint density at radius 2 is 1.59 bits per heavy atom. The number of alkyl halides is 6. The SMILES string of the molecule is C[C@H](CC#N)[C@H](NC(=O)Cc1cc(C(F)(F)F)cc(C(F)(F)F)c1)C(N)=O. The van der Waals surface area contributed by atoms with Gasteiger partial charge in [0.2, 0.25) is 11.8 Å². The van der Waals surface area contributed by atoms with Crippen molar-refractivity contribution in [1.29, 1.82) is 5.26 Å². The average Bonchev–Trinajstić information content (AvgIpc) is 2.50. The van der Waals surface area contributed by atoms with Gasteiger partial charge in [-0.2, -0.15) is 31.6 Å². The van der Waals surface area contributed by atoms with Crippen LogP contribution in [0.5, 0.6) is 0 Å². The lowest BCUT2D eigenvalue weighted by Crippen LogP contribution is -2.48. The zero-order valence-corrected chi connectivity index (χ0v) is 13.9. The van der Waals surface area contributed by atoms with E-state index in [2.05, 4.69) is 5.32 Å². The van der Waals surface area contributed by atoms with Gasteiger partial charge in [0.15, 0.2) is 0 Å². The molecule has 0 saturated carbocycles. The van der Waals surface area contributed by atoms with Crippen LogP contribution in [0.3, 0.4) is 0 Å². The highest BCUT2D eigenvalue weighted by molar-refractivity contribution is 5.87. The van der Waals surface area contributed by atoms with Crippen LogP contribution in [0.25, 0.3) is 0 Å². The number of nitriles is 1. The fraction of sp³-hybridized carbons (Fsp3) is 0.438. The largest absolute Gasteiger partial charge is 0.416 e. The molecule has 3 N–H and O–H groups in total. The van der Waals surface area contributed by atoms with Gasteiger partial charge in [0.25, 0.3) is 0 Å². The number of rotatable bonds is 6. The molecule has 0 heterocycles. The molecule has 2 amide bonds. The predicted molar refractivity (Wildman–Crippen MR) is 80.7 cm³/mol. The van der Waals surface area contributed by atoms with E-state index >= 15 is 0 Å². The van der Waals surface area contributed by atoms with Gasteiger partial charge >= 0.3 is 12.4 Å². The van der Waals surface area contributed by atoms with Crippen LogP contribution >= 0.6 is 0 Å². The maximum atomic E-state index is 12.8. The molecule has 1 rings (SSSR count). The van der Waals surface area contributed by atoms with E-state index in [0.717, 1.165) is 0 Å². The second-order valence-electron chi connectivity index (χ2n) is 5.88. The van der Waals surface area contributed by atoms with Crippen LogP contribution in [0.2, 0.25) is 0 Å². The van der Waals surface area contributed by atoms with Crippen molar-refractivity contribution < 1.29 is 35.9 Å². The van der Waals surface area contributed by atoms with Gasteiger partial charge in [-0.1, -0.05) is 6.92 Å². The third-order valence-electron chi connectivity index (χ3n) is 3.62. The molecule has 27 heavy (non-hydrogen) atoms. The summed E-state index contributed by atoms with van der Waals surface area (Å²) in [5, 5.41) is 10.8. The van der Waals surface area contributed by atoms with Crippen LogP contribution in [0.15, 0.2) is 18.2 Å². The maximum Gasteiger partial charge on any atom is 0.416 e. The smallest absolute Gasteiger partial charge is 0.368 e. The molecule has 148 valence electrons. The molecule has 1 aromatic carbocycles. The normalized spacial score (nSPS) is 14.1. The van der Waals surface area contributed by atoms with Gasteiger partial charge < -0.3 is 11.1 Å². The first-order valence-electron chi connectivity index (χ1n) is 7.49. The van der Waals surface area contributed by atoms with Crippen molar-refractivity contribution in [3.8, 4) is 6.07 Å². The maximum absolute atomic E-state index is 12.8. The van der Waals surface area contributed by atoms with E-state index in [9.17, 15) is 35.9 Å². The van der Waals surface area contributed by atoms with E-state index in [1.54, 1.807) is 6.07 Å². The van der Waals surface area contributed by atoms with E-state index in [-0.39, 0.29) is 12.5 Å². The molecule has 0 radical (unpaired) electrons. The molecule has 0 aliphatic carbocycles. The molecule has 0 saturated heterocycles. The fourth-order valence-corrected chi connectivity index (χ4v) is 2.29. The summed E-state index contributed by atoms with van der Waals surface area (Å²) in [6, 6.07) is 1.27. The third-order valence-corrected chi connectivity index (χ3v) is 3.62. The Hall–Kier alpha value is -2.77. The Morgan fingerprint density at radius 1 is 1.11 bits per heavy atom. The summed E-state index contributed by atoms with van der Waals surface area (Å²) in [7, 11) is 0. The van der Waals surface area contributed by atoms with Gasteiger partial charge in [0.05, 0.1) is 23.6 Å². The Labute approximate surface area is 150 Å². The number of nitrogens with zero attached hydrogens (tertiary/aromatic N) is 1. The first-order chi connectivity index (χ1) is 12.3. The van der Waals surface area contributed by atoms with E-state index in [0.29, 0.717) is 12.1 Å². The molecule has 0 bridgehead atoms. The molecular formula is C16H15F6N3O2. The van der Waals surface area contributed by atoms with Crippen molar-refractivity contribution >= 4 is 11.8 Å². The van der Waals surface area contributed by atoms with Gasteiger partial charge in [-0.3, -0.25) is 9.59 Å². The number of hydrogen-bond donors (Lipinski definition) is 2. The average molecular weight is 395 g/mol. The fourth-order valence-electron chi connectivity index (χ4n) is 2.29. The van der Waals surface area contributed by atoms with Gasteiger partial charge in [-0.05, 0) is 29.7 Å². The Balaban J connectivity index is 3.11. The summed E-state index contributed by atoms with van der Waals surface area (Å²) in [5.41, 5.74) is 1.47. The number of nitrogens with two attached hydrogens (primary N) is 1. The second kappa shape index (κ2) is 8.28. The van der Waals surface area contributed by atoms with E-state index in [4.69, 9.17) is 11.0 Å². The second-order valence-corrected chi connectivity index (χ2v) is 5.88. The summed E-state index contributed by atoms with van der Waals surface area (Å²) in [4.78, 5) is 23.4. The lowest BCUT2D eigenvalue weighted by Gasteiger charge is -2.20. The zero-order valence-electron chi connectivity index (χ0n) is 13.9. The molecule has 2 atom stereocenters. The van der Waals surface area contributed by atoms with Crippen LogP contribution in [-0.4, -0.2) is 17.9 Å². The lowest BCUT2D eigenvalue weighted by molar-refractivity contribution is -0.143. The predicted octanol–water partition coefficient (Wildman–Crippen LogP) is 2.79. The first kappa shape index (κ1) is 22.3. The van der Waals surface area contributed by atoms with Crippen LogP contribution in [0.4, 0.5) is 26.3 Å². The topological polar surface area (TPSA) is 96.0 Å². The van der Waals surface area contributed by atoms with Crippen molar-refractivity contribution in [3.63, 3.8) is 0 Å². The highest BCUT2D eigenvalue weighted by Crippen LogP contribution is 2.36. The lowest BCUT2D eigenvalue weighted by atomic mass is 9.97. The van der Waals surface area contributed by atoms with Crippen molar-refractivity contribution in [1.82, 2.24) is 5.32 Å². The minimum atomic E-state index is -5.04. The van der Waals surface area contributed by atoms with Gasteiger partial charge in [0.1, 0.15) is 6.04 Å². The van der Waals surface area contributed by atoms with E-state index in [1.165, 1.54) is 6.92 Å². The molecule has 0 spiro atoms. The monoisotopic (exact) mass is 395 g/mol. The minimum absolute atomic E-state index is 0.0530. The number of benzene rings is 1. The molecule has 1 aromatic rings. The Bertz CT molecular complexity index is 720. The first-order valence-corrected chi connectivity index (χ1v) is 7.49. The third kappa shape index (κ3) is 6.47. The van der Waals surface area contributed by atoms with Crippen LogP contribution in [0.1, 0.15) is 30.0 Å². The number of carbonyl (C=O) groups excluding carboxylic acids is 2. The number of hydrogen-bond acceptors (Lipinski definition) is 3. The number of halogens is 6. The Morgan fingerprint density at radius 3 is 1.96 bits per heavy atom. The van der Waals surface area contributed by atoms with Crippen LogP contribution in [0, 0.1) is 17.2 Å². The molecule has 0 aliphatic heterocycles.